The average Bonchev–Trinajstić information content (AvgIpc) is 3.70. The number of nitriles is 1. The van der Waals surface area contributed by atoms with Gasteiger partial charge in [0.1, 0.15) is 11.7 Å². The maximum Gasteiger partial charge on any atom is 0.259 e. The van der Waals surface area contributed by atoms with Gasteiger partial charge in [0.25, 0.3) is 5.91 Å². The molecule has 0 saturated heterocycles. The SMILES string of the molecule is C[C@@H]1CN([C@@H](C)CO)C(=O)c2cc(-c3cccc(C#N)c3)cnc2O[C@H]1CN(C)C(=O)C1CC1. The third-order valence-corrected chi connectivity index (χ3v) is 6.60. The lowest BCUT2D eigenvalue weighted by molar-refractivity contribution is -0.132. The van der Waals surface area contributed by atoms with Crippen molar-refractivity contribution in [2.24, 2.45) is 11.8 Å². The highest BCUT2D eigenvalue weighted by Crippen LogP contribution is 2.33. The molecule has 1 aromatic carbocycles. The van der Waals surface area contributed by atoms with Crippen LogP contribution in [0.5, 0.6) is 5.88 Å². The van der Waals surface area contributed by atoms with Crippen LogP contribution in [0, 0.1) is 23.2 Å². The van der Waals surface area contributed by atoms with Crippen molar-refractivity contribution >= 4 is 11.8 Å². The van der Waals surface area contributed by atoms with E-state index in [0.29, 0.717) is 29.8 Å². The van der Waals surface area contributed by atoms with Crippen LogP contribution >= 0.6 is 0 Å². The average molecular weight is 463 g/mol. The topological polar surface area (TPSA) is 107 Å². The summed E-state index contributed by atoms with van der Waals surface area (Å²) in [6, 6.07) is 10.6. The van der Waals surface area contributed by atoms with Gasteiger partial charge in [-0.3, -0.25) is 9.59 Å². The number of hydrogen-bond donors (Lipinski definition) is 1. The Morgan fingerprint density at radius 1 is 1.35 bits per heavy atom. The zero-order valence-electron chi connectivity index (χ0n) is 19.8. The third-order valence-electron chi connectivity index (χ3n) is 6.60. The molecular weight excluding hydrogens is 432 g/mol. The second-order valence-corrected chi connectivity index (χ2v) is 9.39. The Hall–Kier alpha value is -3.44. The summed E-state index contributed by atoms with van der Waals surface area (Å²) in [6.45, 7) is 4.38. The molecule has 0 bridgehead atoms. The lowest BCUT2D eigenvalue weighted by Crippen LogP contribution is -2.50. The van der Waals surface area contributed by atoms with Gasteiger partial charge in [0.2, 0.25) is 11.8 Å². The number of amides is 2. The van der Waals surface area contributed by atoms with Crippen LogP contribution in [0.25, 0.3) is 11.1 Å². The summed E-state index contributed by atoms with van der Waals surface area (Å²) in [5.41, 5.74) is 2.27. The van der Waals surface area contributed by atoms with Crippen molar-refractivity contribution in [3.05, 3.63) is 47.7 Å². The number of likely N-dealkylation sites (N-methyl/N-ethyl adjacent to an activating group) is 1. The van der Waals surface area contributed by atoms with Crippen LogP contribution in [0.3, 0.4) is 0 Å². The Kier molecular flexibility index (Phi) is 6.85. The van der Waals surface area contributed by atoms with E-state index in [1.165, 1.54) is 0 Å². The molecule has 3 atom stereocenters. The molecule has 4 rings (SSSR count). The Balaban J connectivity index is 1.71. The van der Waals surface area contributed by atoms with E-state index in [9.17, 15) is 20.0 Å². The first kappa shape index (κ1) is 23.7. The number of pyridine rings is 1. The van der Waals surface area contributed by atoms with Gasteiger partial charge in [-0.15, -0.1) is 0 Å². The van der Waals surface area contributed by atoms with Gasteiger partial charge >= 0.3 is 0 Å². The minimum atomic E-state index is -0.391. The highest BCUT2D eigenvalue weighted by atomic mass is 16.5. The normalized spacial score (nSPS) is 20.9. The van der Waals surface area contributed by atoms with E-state index in [-0.39, 0.29) is 42.2 Å². The molecule has 8 nitrogen and oxygen atoms in total. The molecule has 8 heteroatoms. The highest BCUT2D eigenvalue weighted by molar-refractivity contribution is 5.98. The minimum Gasteiger partial charge on any atom is -0.472 e. The van der Waals surface area contributed by atoms with Gasteiger partial charge in [-0.2, -0.15) is 5.26 Å². The number of carbonyl (C=O) groups is 2. The molecule has 34 heavy (non-hydrogen) atoms. The summed E-state index contributed by atoms with van der Waals surface area (Å²) < 4.78 is 6.27. The van der Waals surface area contributed by atoms with Crippen molar-refractivity contribution in [2.45, 2.75) is 38.8 Å². The molecule has 1 saturated carbocycles. The molecule has 0 unspecified atom stereocenters. The predicted octanol–water partition coefficient (Wildman–Crippen LogP) is 2.71. The zero-order chi connectivity index (χ0) is 24.4. The molecule has 2 aliphatic rings. The monoisotopic (exact) mass is 462 g/mol. The molecule has 178 valence electrons. The number of benzene rings is 1. The van der Waals surface area contributed by atoms with Gasteiger partial charge in [-0.25, -0.2) is 4.98 Å². The van der Waals surface area contributed by atoms with Crippen LogP contribution < -0.4 is 4.74 Å². The summed E-state index contributed by atoms with van der Waals surface area (Å²) in [4.78, 5) is 34.0. The highest BCUT2D eigenvalue weighted by Gasteiger charge is 2.37. The van der Waals surface area contributed by atoms with E-state index < -0.39 is 6.04 Å². The van der Waals surface area contributed by atoms with Gasteiger partial charge < -0.3 is 19.6 Å². The van der Waals surface area contributed by atoms with E-state index >= 15 is 0 Å². The summed E-state index contributed by atoms with van der Waals surface area (Å²) in [5, 5.41) is 19.1. The van der Waals surface area contributed by atoms with Crippen LogP contribution in [0.15, 0.2) is 36.5 Å². The van der Waals surface area contributed by atoms with Crippen LogP contribution in [-0.2, 0) is 4.79 Å². The predicted molar refractivity (Wildman–Crippen MR) is 126 cm³/mol. The summed E-state index contributed by atoms with van der Waals surface area (Å²) in [6.07, 6.45) is 3.12. The van der Waals surface area contributed by atoms with Gasteiger partial charge in [0, 0.05) is 37.2 Å². The standard InChI is InChI=1S/C26H30N4O4/c1-16-13-30(17(2)15-31)26(33)22-10-21(20-6-4-5-18(9-20)11-27)12-28-24(22)34-23(16)14-29(3)25(32)19-7-8-19/h4-6,9-10,12,16-17,19,23,31H,7-8,13-15H2,1-3H3/t16-,17+,23+/m1/s1. The number of aliphatic hydroxyl groups excluding tert-OH is 1. The quantitative estimate of drug-likeness (QED) is 0.707. The van der Waals surface area contributed by atoms with Gasteiger partial charge in [0.05, 0.1) is 30.8 Å². The fourth-order valence-electron chi connectivity index (χ4n) is 4.25. The molecule has 2 aromatic rings. The second-order valence-electron chi connectivity index (χ2n) is 9.39. The lowest BCUT2D eigenvalue weighted by Gasteiger charge is -2.37. The fraction of sp³-hybridized carbons (Fsp3) is 0.462. The Bertz CT molecular complexity index is 1120. The Morgan fingerprint density at radius 3 is 2.79 bits per heavy atom. The van der Waals surface area contributed by atoms with E-state index in [2.05, 4.69) is 11.1 Å². The Labute approximate surface area is 199 Å². The molecule has 1 N–H and O–H groups in total. The number of ether oxygens (including phenoxy) is 1. The number of rotatable bonds is 6. The lowest BCUT2D eigenvalue weighted by atomic mass is 9.98. The van der Waals surface area contributed by atoms with Gasteiger partial charge in [-0.1, -0.05) is 19.1 Å². The molecular formula is C26H30N4O4. The van der Waals surface area contributed by atoms with Crippen LogP contribution in [0.1, 0.15) is 42.6 Å². The van der Waals surface area contributed by atoms with Crippen molar-refractivity contribution in [3.8, 4) is 23.1 Å². The van der Waals surface area contributed by atoms with Gasteiger partial charge in [0.15, 0.2) is 0 Å². The molecule has 1 aliphatic carbocycles. The Morgan fingerprint density at radius 2 is 2.12 bits per heavy atom. The van der Waals surface area contributed by atoms with E-state index in [4.69, 9.17) is 4.74 Å². The smallest absolute Gasteiger partial charge is 0.259 e. The van der Waals surface area contributed by atoms with Crippen molar-refractivity contribution in [1.29, 1.82) is 5.26 Å². The third kappa shape index (κ3) is 4.90. The first-order chi connectivity index (χ1) is 16.3. The fourth-order valence-corrected chi connectivity index (χ4v) is 4.25. The van der Waals surface area contributed by atoms with Crippen molar-refractivity contribution < 1.29 is 19.4 Å². The first-order valence-electron chi connectivity index (χ1n) is 11.7. The van der Waals surface area contributed by atoms with Crippen molar-refractivity contribution in [1.82, 2.24) is 14.8 Å². The molecule has 1 aromatic heterocycles. The number of aliphatic hydroxyl groups is 1. The van der Waals surface area contributed by atoms with Gasteiger partial charge in [-0.05, 0) is 43.5 Å². The number of nitrogens with zero attached hydrogens (tertiary/aromatic N) is 4. The summed E-state index contributed by atoms with van der Waals surface area (Å²) in [5.74, 6) is 0.0856. The summed E-state index contributed by atoms with van der Waals surface area (Å²) in [7, 11) is 1.79. The van der Waals surface area contributed by atoms with Crippen LogP contribution in [0.2, 0.25) is 0 Å². The van der Waals surface area contributed by atoms with Crippen LogP contribution in [0.4, 0.5) is 0 Å². The van der Waals surface area contributed by atoms with E-state index in [1.807, 2.05) is 13.0 Å². The van der Waals surface area contributed by atoms with Crippen LogP contribution in [-0.4, -0.2) is 70.6 Å². The molecule has 1 fully saturated rings. The maximum absolute atomic E-state index is 13.6. The molecule has 0 spiro atoms. The number of carbonyl (C=O) groups excluding carboxylic acids is 2. The summed E-state index contributed by atoms with van der Waals surface area (Å²) >= 11 is 0. The second kappa shape index (κ2) is 9.82. The van der Waals surface area contributed by atoms with E-state index in [0.717, 1.165) is 18.4 Å². The number of hydrogen-bond acceptors (Lipinski definition) is 6. The molecule has 2 heterocycles. The first-order valence-corrected chi connectivity index (χ1v) is 11.7. The number of aromatic nitrogens is 1. The molecule has 2 amide bonds. The molecule has 0 radical (unpaired) electrons. The number of fused-ring (bicyclic) bond motifs is 1. The molecule has 1 aliphatic heterocycles. The maximum atomic E-state index is 13.6. The van der Waals surface area contributed by atoms with Crippen molar-refractivity contribution in [3.63, 3.8) is 0 Å². The van der Waals surface area contributed by atoms with Crippen molar-refractivity contribution in [2.75, 3.05) is 26.7 Å². The van der Waals surface area contributed by atoms with E-state index in [1.54, 1.807) is 54.2 Å². The zero-order valence-corrected chi connectivity index (χ0v) is 19.8. The minimum absolute atomic E-state index is 0.0886. The largest absolute Gasteiger partial charge is 0.472 e.